The van der Waals surface area contributed by atoms with Gasteiger partial charge < -0.3 is 19.7 Å². The molecule has 1 aliphatic heterocycles. The van der Waals surface area contributed by atoms with E-state index in [9.17, 15) is 9.67 Å². The second kappa shape index (κ2) is 8.50. The van der Waals surface area contributed by atoms with Crippen molar-refractivity contribution in [3.63, 3.8) is 0 Å². The largest absolute Gasteiger partial charge is 0.504 e. The van der Waals surface area contributed by atoms with Crippen LogP contribution >= 0.6 is 7.29 Å². The molecule has 2 atom stereocenters. The number of rotatable bonds is 6. The normalized spacial score (nSPS) is 21.3. The van der Waals surface area contributed by atoms with Gasteiger partial charge in [-0.15, -0.1) is 0 Å². The van der Waals surface area contributed by atoms with Crippen molar-refractivity contribution >= 4 is 13.2 Å². The van der Waals surface area contributed by atoms with Gasteiger partial charge in [0.15, 0.2) is 18.8 Å². The van der Waals surface area contributed by atoms with E-state index >= 15 is 0 Å². The van der Waals surface area contributed by atoms with Crippen LogP contribution in [0.5, 0.6) is 11.5 Å². The number of hydrogen-bond donors (Lipinski definition) is 2. The predicted molar refractivity (Wildman–Crippen MR) is 112 cm³/mol. The number of nitrogens with one attached hydrogen (secondary N) is 1. The van der Waals surface area contributed by atoms with Crippen LogP contribution in [0.25, 0.3) is 0 Å². The van der Waals surface area contributed by atoms with Crippen molar-refractivity contribution in [2.45, 2.75) is 32.3 Å². The molecule has 1 fully saturated rings. The molecule has 0 aliphatic carbocycles. The molecule has 0 amide bonds. The zero-order valence-corrected chi connectivity index (χ0v) is 17.9. The minimum absolute atomic E-state index is 0.0749. The number of benzene rings is 1. The van der Waals surface area contributed by atoms with Crippen LogP contribution in [0.3, 0.4) is 0 Å². The molecule has 152 valence electrons. The van der Waals surface area contributed by atoms with Gasteiger partial charge in [0.25, 0.3) is 0 Å². The Morgan fingerprint density at radius 3 is 2.61 bits per heavy atom. The lowest BCUT2D eigenvalue weighted by atomic mass is 10.1. The molecule has 0 spiro atoms. The maximum atomic E-state index is 14.0. The molecule has 28 heavy (non-hydrogen) atoms. The van der Waals surface area contributed by atoms with Crippen LogP contribution < -0.4 is 10.1 Å². The number of phenols is 1. The minimum Gasteiger partial charge on any atom is -0.504 e. The van der Waals surface area contributed by atoms with Gasteiger partial charge in [0.05, 0.1) is 12.8 Å². The molecule has 0 bridgehead atoms. The summed E-state index contributed by atoms with van der Waals surface area (Å²) >= 11 is 0. The van der Waals surface area contributed by atoms with E-state index in [1.807, 2.05) is 37.7 Å². The molecular weight excluding hydrogens is 375 g/mol. The summed E-state index contributed by atoms with van der Waals surface area (Å²) in [5.74, 6) is 1.00. The van der Waals surface area contributed by atoms with Crippen molar-refractivity contribution in [1.29, 1.82) is 0 Å². The van der Waals surface area contributed by atoms with Crippen LogP contribution in [-0.4, -0.2) is 53.2 Å². The van der Waals surface area contributed by atoms with Gasteiger partial charge in [-0.3, -0.25) is 4.67 Å². The third-order valence-corrected chi connectivity index (χ3v) is 9.07. The highest BCUT2D eigenvalue weighted by Crippen LogP contribution is 2.63. The van der Waals surface area contributed by atoms with Gasteiger partial charge in [0.2, 0.25) is 5.95 Å². The van der Waals surface area contributed by atoms with E-state index < -0.39 is 7.29 Å². The number of phenolic OH excluding ortho intramolecular Hbond substituents is 1. The smallest absolute Gasteiger partial charge is 0.223 e. The van der Waals surface area contributed by atoms with Crippen LogP contribution in [-0.2, 0) is 4.57 Å². The average Bonchev–Trinajstić information content (AvgIpc) is 2.65. The summed E-state index contributed by atoms with van der Waals surface area (Å²) in [7, 11) is 0.796. The number of hydrogen-bond acceptors (Lipinski definition) is 6. The first-order valence-corrected chi connectivity index (χ1v) is 11.5. The number of aromatic hydroxyl groups is 1. The second-order valence-corrected chi connectivity index (χ2v) is 10.6. The third-order valence-electron chi connectivity index (χ3n) is 5.30. The van der Waals surface area contributed by atoms with Gasteiger partial charge >= 0.3 is 0 Å². The number of aryl methyl sites for hydroxylation is 2. The van der Waals surface area contributed by atoms with E-state index in [0.29, 0.717) is 24.4 Å². The van der Waals surface area contributed by atoms with E-state index in [2.05, 4.69) is 15.3 Å². The average molecular weight is 404 g/mol. The predicted octanol–water partition coefficient (Wildman–Crippen LogP) is 3.96. The fourth-order valence-corrected chi connectivity index (χ4v) is 7.09. The van der Waals surface area contributed by atoms with Crippen LogP contribution in [0, 0.1) is 13.8 Å². The highest BCUT2D eigenvalue weighted by atomic mass is 31.2. The molecule has 1 saturated heterocycles. The molecular formula is C20H29N4O3P. The van der Waals surface area contributed by atoms with E-state index in [1.165, 1.54) is 7.11 Å². The number of aromatic nitrogens is 2. The van der Waals surface area contributed by atoms with Crippen molar-refractivity contribution in [3.8, 4) is 11.5 Å². The highest BCUT2D eigenvalue weighted by molar-refractivity contribution is 7.62. The number of anilines is 1. The SMILES string of the molecule is COc1cc(C(CNc2nc(C)cc(C)n2)P2(=O)CCCCN2C)ccc1O. The Bertz CT molecular complexity index is 869. The molecule has 2 N–H and O–H groups in total. The second-order valence-electron chi connectivity index (χ2n) is 7.37. The first kappa shape index (κ1) is 20.6. The van der Waals surface area contributed by atoms with Crippen LogP contribution in [0.2, 0.25) is 0 Å². The summed E-state index contributed by atoms with van der Waals surface area (Å²) in [6.07, 6.45) is 2.68. The van der Waals surface area contributed by atoms with Gasteiger partial charge in [-0.2, -0.15) is 0 Å². The molecule has 2 heterocycles. The Morgan fingerprint density at radius 1 is 1.25 bits per heavy atom. The molecule has 0 saturated carbocycles. The fraction of sp³-hybridized carbons (Fsp3) is 0.500. The Morgan fingerprint density at radius 2 is 1.96 bits per heavy atom. The fourth-order valence-electron chi connectivity index (χ4n) is 3.80. The van der Waals surface area contributed by atoms with E-state index in [4.69, 9.17) is 4.74 Å². The van der Waals surface area contributed by atoms with Crippen LogP contribution in [0.1, 0.15) is 35.5 Å². The lowest BCUT2D eigenvalue weighted by Gasteiger charge is -2.38. The topological polar surface area (TPSA) is 87.6 Å². The first-order valence-electron chi connectivity index (χ1n) is 9.57. The molecule has 1 aromatic heterocycles. The lowest BCUT2D eigenvalue weighted by Crippen LogP contribution is -2.29. The number of methoxy groups -OCH3 is 1. The van der Waals surface area contributed by atoms with E-state index in [-0.39, 0.29) is 11.4 Å². The summed E-state index contributed by atoms with van der Waals surface area (Å²) in [5.41, 5.74) is 2.40. The van der Waals surface area contributed by atoms with Crippen molar-refractivity contribution in [1.82, 2.24) is 14.6 Å². The Balaban J connectivity index is 1.95. The summed E-state index contributed by atoms with van der Waals surface area (Å²) in [5, 5.41) is 13.3. The Kier molecular flexibility index (Phi) is 6.26. The minimum atomic E-state index is -2.66. The molecule has 7 nitrogen and oxygen atoms in total. The first-order chi connectivity index (χ1) is 13.3. The summed E-state index contributed by atoms with van der Waals surface area (Å²) in [6, 6.07) is 7.13. The summed E-state index contributed by atoms with van der Waals surface area (Å²) in [6.45, 7) is 5.12. The van der Waals surface area contributed by atoms with Gasteiger partial charge in [-0.25, -0.2) is 9.97 Å². The zero-order chi connectivity index (χ0) is 20.3. The van der Waals surface area contributed by atoms with Crippen LogP contribution in [0.15, 0.2) is 24.3 Å². The molecule has 1 aliphatic rings. The van der Waals surface area contributed by atoms with Crippen LogP contribution in [0.4, 0.5) is 5.95 Å². The lowest BCUT2D eigenvalue weighted by molar-refractivity contribution is 0.372. The maximum absolute atomic E-state index is 14.0. The van der Waals surface area contributed by atoms with Crippen molar-refractivity contribution in [3.05, 3.63) is 41.2 Å². The van der Waals surface area contributed by atoms with E-state index in [0.717, 1.165) is 36.3 Å². The molecule has 8 heteroatoms. The number of ether oxygens (including phenoxy) is 1. The monoisotopic (exact) mass is 404 g/mol. The van der Waals surface area contributed by atoms with Gasteiger partial charge in [-0.05, 0) is 57.5 Å². The summed E-state index contributed by atoms with van der Waals surface area (Å²) in [4.78, 5) is 8.89. The van der Waals surface area contributed by atoms with Gasteiger partial charge in [0, 0.05) is 30.6 Å². The van der Waals surface area contributed by atoms with Crippen molar-refractivity contribution in [2.75, 3.05) is 38.7 Å². The maximum Gasteiger partial charge on any atom is 0.223 e. The van der Waals surface area contributed by atoms with E-state index in [1.54, 1.807) is 12.1 Å². The molecule has 1 aromatic carbocycles. The Labute approximate surface area is 166 Å². The summed E-state index contributed by atoms with van der Waals surface area (Å²) < 4.78 is 21.3. The molecule has 2 aromatic rings. The van der Waals surface area contributed by atoms with Crippen molar-refractivity contribution < 1.29 is 14.4 Å². The Hall–Kier alpha value is -2.11. The zero-order valence-electron chi connectivity index (χ0n) is 17.0. The number of nitrogens with zero attached hydrogens (tertiary/aromatic N) is 3. The molecule has 0 radical (unpaired) electrons. The van der Waals surface area contributed by atoms with Gasteiger partial charge in [0.1, 0.15) is 0 Å². The van der Waals surface area contributed by atoms with Gasteiger partial charge in [-0.1, -0.05) is 6.07 Å². The molecule has 3 rings (SSSR count). The quantitative estimate of drug-likeness (QED) is 0.705. The third kappa shape index (κ3) is 4.31. The van der Waals surface area contributed by atoms with Crippen molar-refractivity contribution in [2.24, 2.45) is 0 Å². The highest BCUT2D eigenvalue weighted by Gasteiger charge is 2.39. The molecule has 2 unspecified atom stereocenters. The standard InChI is InChI=1S/C20H29N4O3P/c1-14-11-15(2)23-20(22-14)21-13-19(28(26)10-6-5-9-24(28)3)16-7-8-17(25)18(12-16)27-4/h7-8,11-12,19,25H,5-6,9-10,13H2,1-4H3,(H,21,22,23).